The average molecular weight is 224 g/mol. The third-order valence-electron chi connectivity index (χ3n) is 1.57. The molecule has 0 radical (unpaired) electrons. The second-order valence-corrected chi connectivity index (χ2v) is 3.80. The highest BCUT2D eigenvalue weighted by Gasteiger charge is 2.10. The van der Waals surface area contributed by atoms with Crippen molar-refractivity contribution in [3.63, 3.8) is 0 Å². The molecule has 0 N–H and O–H groups in total. The molecular formula is C9H8N2O3S. The third-order valence-corrected chi connectivity index (χ3v) is 2.54. The van der Waals surface area contributed by atoms with E-state index in [0.717, 1.165) is 5.56 Å². The highest BCUT2D eigenvalue weighted by atomic mass is 32.2. The third kappa shape index (κ3) is 2.47. The Balaban J connectivity index is 2.08. The van der Waals surface area contributed by atoms with E-state index in [4.69, 9.17) is 8.83 Å². The zero-order chi connectivity index (χ0) is 10.7. The van der Waals surface area contributed by atoms with Gasteiger partial charge in [0.15, 0.2) is 0 Å². The van der Waals surface area contributed by atoms with E-state index >= 15 is 0 Å². The van der Waals surface area contributed by atoms with E-state index < -0.39 is 0 Å². The van der Waals surface area contributed by atoms with Gasteiger partial charge in [-0.15, -0.1) is 10.2 Å². The van der Waals surface area contributed by atoms with Crippen LogP contribution in [-0.2, 0) is 4.79 Å². The fourth-order valence-corrected chi connectivity index (χ4v) is 1.50. The lowest BCUT2D eigenvalue weighted by molar-refractivity contribution is -0.114. The van der Waals surface area contributed by atoms with Crippen LogP contribution < -0.4 is 0 Å². The number of aromatic nitrogens is 2. The fourth-order valence-electron chi connectivity index (χ4n) is 0.934. The number of rotatable bonds is 4. The Labute approximate surface area is 89.9 Å². The van der Waals surface area contributed by atoms with Gasteiger partial charge in [0, 0.05) is 0 Å². The molecule has 0 saturated heterocycles. The normalized spacial score (nSPS) is 10.5. The van der Waals surface area contributed by atoms with E-state index in [2.05, 4.69) is 10.2 Å². The minimum Gasteiger partial charge on any atom is -0.472 e. The Morgan fingerprint density at radius 1 is 1.53 bits per heavy atom. The molecule has 0 fully saturated rings. The lowest BCUT2D eigenvalue weighted by Crippen LogP contribution is -1.92. The molecular weight excluding hydrogens is 216 g/mol. The summed E-state index contributed by atoms with van der Waals surface area (Å²) in [7, 11) is 0. The second-order valence-electron chi connectivity index (χ2n) is 2.88. The zero-order valence-corrected chi connectivity index (χ0v) is 8.78. The summed E-state index contributed by atoms with van der Waals surface area (Å²) in [6.45, 7) is 1.51. The van der Waals surface area contributed by atoms with Gasteiger partial charge < -0.3 is 8.83 Å². The number of ketones is 1. The number of nitrogens with zero attached hydrogens (tertiary/aromatic N) is 2. The zero-order valence-electron chi connectivity index (χ0n) is 7.97. The largest absolute Gasteiger partial charge is 0.472 e. The first-order valence-electron chi connectivity index (χ1n) is 4.24. The topological polar surface area (TPSA) is 69.1 Å². The summed E-state index contributed by atoms with van der Waals surface area (Å²) < 4.78 is 10.2. The van der Waals surface area contributed by atoms with Crippen molar-refractivity contribution in [2.45, 2.75) is 12.1 Å². The van der Waals surface area contributed by atoms with Crippen molar-refractivity contribution in [1.29, 1.82) is 0 Å². The number of furan rings is 1. The molecule has 0 aliphatic heterocycles. The van der Waals surface area contributed by atoms with E-state index in [-0.39, 0.29) is 5.78 Å². The highest BCUT2D eigenvalue weighted by Crippen LogP contribution is 2.22. The predicted octanol–water partition coefficient (Wildman–Crippen LogP) is 2.01. The first-order chi connectivity index (χ1) is 7.25. The van der Waals surface area contributed by atoms with Crippen LogP contribution in [0.4, 0.5) is 0 Å². The molecule has 0 saturated carbocycles. The summed E-state index contributed by atoms with van der Waals surface area (Å²) in [5.74, 6) is 0.811. The molecule has 0 spiro atoms. The van der Waals surface area contributed by atoms with Crippen molar-refractivity contribution < 1.29 is 13.6 Å². The van der Waals surface area contributed by atoms with E-state index in [1.165, 1.54) is 31.2 Å². The van der Waals surface area contributed by atoms with Gasteiger partial charge in [-0.25, -0.2) is 0 Å². The summed E-state index contributed by atoms with van der Waals surface area (Å²) in [5.41, 5.74) is 0.733. The summed E-state index contributed by atoms with van der Waals surface area (Å²) in [4.78, 5) is 10.7. The summed E-state index contributed by atoms with van der Waals surface area (Å²) >= 11 is 1.23. The van der Waals surface area contributed by atoms with Crippen LogP contribution in [0.3, 0.4) is 0 Å². The molecule has 0 aromatic carbocycles. The Morgan fingerprint density at radius 3 is 3.07 bits per heavy atom. The van der Waals surface area contributed by atoms with Gasteiger partial charge in [-0.3, -0.25) is 4.79 Å². The maximum absolute atomic E-state index is 10.7. The molecule has 5 nitrogen and oxygen atoms in total. The number of hydrogen-bond acceptors (Lipinski definition) is 6. The summed E-state index contributed by atoms with van der Waals surface area (Å²) in [6, 6.07) is 1.73. The first kappa shape index (κ1) is 9.97. The second kappa shape index (κ2) is 4.31. The molecule has 2 heterocycles. The average Bonchev–Trinajstić information content (AvgIpc) is 2.85. The minimum atomic E-state index is 0.0723. The standard InChI is InChI=1S/C9H8N2O3S/c1-6(12)5-15-9-11-10-8(14-9)7-2-3-13-4-7/h2-4H,5H2,1H3. The Hall–Kier alpha value is -1.56. The number of carbonyl (C=O) groups excluding carboxylic acids is 1. The molecule has 2 aromatic heterocycles. The molecule has 2 rings (SSSR count). The van der Waals surface area contributed by atoms with Gasteiger partial charge in [-0.2, -0.15) is 0 Å². The van der Waals surface area contributed by atoms with Gasteiger partial charge in [-0.05, 0) is 13.0 Å². The van der Waals surface area contributed by atoms with Crippen LogP contribution in [0.25, 0.3) is 11.5 Å². The predicted molar refractivity (Wildman–Crippen MR) is 53.4 cm³/mol. The lowest BCUT2D eigenvalue weighted by Gasteiger charge is -1.89. The number of Topliss-reactive ketones (excluding diaryl/α,β-unsaturated/α-hetero) is 1. The molecule has 0 amide bonds. The quantitative estimate of drug-likeness (QED) is 0.740. The molecule has 0 bridgehead atoms. The van der Waals surface area contributed by atoms with Gasteiger partial charge in [-0.1, -0.05) is 11.8 Å². The molecule has 15 heavy (non-hydrogen) atoms. The molecule has 0 unspecified atom stereocenters. The summed E-state index contributed by atoms with van der Waals surface area (Å²) in [6.07, 6.45) is 3.05. The minimum absolute atomic E-state index is 0.0723. The molecule has 6 heteroatoms. The van der Waals surface area contributed by atoms with E-state index in [1.807, 2.05) is 0 Å². The van der Waals surface area contributed by atoms with Crippen LogP contribution in [0, 0.1) is 0 Å². The van der Waals surface area contributed by atoms with E-state index in [1.54, 1.807) is 6.07 Å². The Morgan fingerprint density at radius 2 is 2.40 bits per heavy atom. The molecule has 0 atom stereocenters. The van der Waals surface area contributed by atoms with Gasteiger partial charge in [0.05, 0.1) is 17.6 Å². The molecule has 0 aliphatic rings. The van der Waals surface area contributed by atoms with E-state index in [0.29, 0.717) is 16.9 Å². The van der Waals surface area contributed by atoms with Crippen LogP contribution in [0.5, 0.6) is 0 Å². The molecule has 78 valence electrons. The van der Waals surface area contributed by atoms with Crippen LogP contribution in [-0.4, -0.2) is 21.7 Å². The Kier molecular flexibility index (Phi) is 2.86. The molecule has 2 aromatic rings. The van der Waals surface area contributed by atoms with Crippen molar-refractivity contribution in [1.82, 2.24) is 10.2 Å². The number of hydrogen-bond donors (Lipinski definition) is 0. The monoisotopic (exact) mass is 224 g/mol. The maximum Gasteiger partial charge on any atom is 0.277 e. The smallest absolute Gasteiger partial charge is 0.277 e. The van der Waals surface area contributed by atoms with Crippen molar-refractivity contribution in [2.24, 2.45) is 0 Å². The van der Waals surface area contributed by atoms with E-state index in [9.17, 15) is 4.79 Å². The van der Waals surface area contributed by atoms with Crippen molar-refractivity contribution in [3.05, 3.63) is 18.6 Å². The van der Waals surface area contributed by atoms with Crippen LogP contribution in [0.15, 0.2) is 32.6 Å². The lowest BCUT2D eigenvalue weighted by atomic mass is 10.3. The van der Waals surface area contributed by atoms with Gasteiger partial charge in [0.25, 0.3) is 11.1 Å². The highest BCUT2D eigenvalue weighted by molar-refractivity contribution is 7.99. The Bertz CT molecular complexity index is 450. The fraction of sp³-hybridized carbons (Fsp3) is 0.222. The van der Waals surface area contributed by atoms with Crippen LogP contribution in [0.2, 0.25) is 0 Å². The SMILES string of the molecule is CC(=O)CSc1nnc(-c2ccoc2)o1. The maximum atomic E-state index is 10.7. The number of carbonyl (C=O) groups is 1. The van der Waals surface area contributed by atoms with Gasteiger partial charge in [0.1, 0.15) is 12.0 Å². The van der Waals surface area contributed by atoms with Crippen LogP contribution >= 0.6 is 11.8 Å². The van der Waals surface area contributed by atoms with Gasteiger partial charge in [0.2, 0.25) is 0 Å². The van der Waals surface area contributed by atoms with Crippen molar-refractivity contribution in [2.75, 3.05) is 5.75 Å². The first-order valence-corrected chi connectivity index (χ1v) is 5.22. The van der Waals surface area contributed by atoms with Crippen LogP contribution in [0.1, 0.15) is 6.92 Å². The van der Waals surface area contributed by atoms with Gasteiger partial charge >= 0.3 is 0 Å². The number of thioether (sulfide) groups is 1. The molecule has 0 aliphatic carbocycles. The van der Waals surface area contributed by atoms with Crippen molar-refractivity contribution >= 4 is 17.5 Å². The van der Waals surface area contributed by atoms with Crippen molar-refractivity contribution in [3.8, 4) is 11.5 Å². The summed E-state index contributed by atoms with van der Waals surface area (Å²) in [5, 5.41) is 8.01.